The maximum Gasteiger partial charge on any atom is 0.292 e. The zero-order valence-corrected chi connectivity index (χ0v) is 17.5. The average Bonchev–Trinajstić information content (AvgIpc) is 2.72. The minimum atomic E-state index is -0.354. The predicted molar refractivity (Wildman–Crippen MR) is 116 cm³/mol. The number of nitro benzene ring substituents is 1. The van der Waals surface area contributed by atoms with Gasteiger partial charge in [0.1, 0.15) is 5.69 Å². The van der Waals surface area contributed by atoms with E-state index in [1.54, 1.807) is 18.2 Å². The Morgan fingerprint density at radius 1 is 1.17 bits per heavy atom. The molecule has 3 rings (SSSR count). The molecule has 0 unspecified atom stereocenters. The minimum Gasteiger partial charge on any atom is -0.366 e. The zero-order valence-electron chi connectivity index (χ0n) is 16.7. The standard InChI is InChI=1S/C22H26ClN3O3/c1-22(2,17-7-9-18(23)10-8-17)15-24-21(27)16-11-13-25(14-12-16)19-5-3-4-6-20(19)26(28)29/h3-10,16H,11-15H2,1-2H3,(H,24,27). The van der Waals surface area contributed by atoms with Gasteiger partial charge in [-0.1, -0.05) is 49.7 Å². The van der Waals surface area contributed by atoms with E-state index in [1.807, 2.05) is 29.2 Å². The Kier molecular flexibility index (Phi) is 6.42. The molecule has 0 atom stereocenters. The molecule has 1 amide bonds. The van der Waals surface area contributed by atoms with Crippen molar-refractivity contribution in [2.24, 2.45) is 5.92 Å². The summed E-state index contributed by atoms with van der Waals surface area (Å²) in [6.45, 7) is 5.98. The molecule has 1 aliphatic rings. The molecular weight excluding hydrogens is 390 g/mol. The molecule has 1 fully saturated rings. The summed E-state index contributed by atoms with van der Waals surface area (Å²) in [5, 5.41) is 15.0. The first-order chi connectivity index (χ1) is 13.8. The monoisotopic (exact) mass is 415 g/mol. The fraction of sp³-hybridized carbons (Fsp3) is 0.409. The fourth-order valence-corrected chi connectivity index (χ4v) is 3.85. The maximum absolute atomic E-state index is 12.7. The number of hydrogen-bond donors (Lipinski definition) is 1. The van der Waals surface area contributed by atoms with Crippen LogP contribution in [-0.4, -0.2) is 30.5 Å². The van der Waals surface area contributed by atoms with Crippen LogP contribution in [0.4, 0.5) is 11.4 Å². The summed E-state index contributed by atoms with van der Waals surface area (Å²) in [7, 11) is 0. The van der Waals surface area contributed by atoms with Crippen LogP contribution in [0.1, 0.15) is 32.3 Å². The molecule has 0 bridgehead atoms. The summed E-state index contributed by atoms with van der Waals surface area (Å²) in [4.78, 5) is 25.6. The van der Waals surface area contributed by atoms with Crippen molar-refractivity contribution in [3.05, 3.63) is 69.2 Å². The first-order valence-electron chi connectivity index (χ1n) is 9.80. The number of piperidine rings is 1. The Hall–Kier alpha value is -2.60. The van der Waals surface area contributed by atoms with Crippen molar-refractivity contribution in [1.82, 2.24) is 5.32 Å². The predicted octanol–water partition coefficient (Wildman–Crippen LogP) is 4.56. The molecule has 29 heavy (non-hydrogen) atoms. The lowest BCUT2D eigenvalue weighted by Gasteiger charge is -2.33. The van der Waals surface area contributed by atoms with Gasteiger partial charge >= 0.3 is 0 Å². The second-order valence-electron chi connectivity index (χ2n) is 8.12. The van der Waals surface area contributed by atoms with Crippen LogP contribution in [0.5, 0.6) is 0 Å². The van der Waals surface area contributed by atoms with Crippen molar-refractivity contribution in [2.45, 2.75) is 32.1 Å². The smallest absolute Gasteiger partial charge is 0.292 e. The van der Waals surface area contributed by atoms with Gasteiger partial charge in [-0.3, -0.25) is 14.9 Å². The van der Waals surface area contributed by atoms with E-state index in [2.05, 4.69) is 19.2 Å². The van der Waals surface area contributed by atoms with E-state index >= 15 is 0 Å². The molecule has 0 aromatic heterocycles. The summed E-state index contributed by atoms with van der Waals surface area (Å²) in [5.74, 6) is -0.0238. The fourth-order valence-electron chi connectivity index (χ4n) is 3.72. The Morgan fingerprint density at radius 2 is 1.79 bits per heavy atom. The molecule has 0 saturated carbocycles. The number of carbonyl (C=O) groups is 1. The molecule has 1 heterocycles. The van der Waals surface area contributed by atoms with Gasteiger partial charge < -0.3 is 10.2 Å². The van der Waals surface area contributed by atoms with Crippen LogP contribution in [-0.2, 0) is 10.2 Å². The summed E-state index contributed by atoms with van der Waals surface area (Å²) < 4.78 is 0. The van der Waals surface area contributed by atoms with Gasteiger partial charge in [-0.15, -0.1) is 0 Å². The molecule has 1 aliphatic heterocycles. The topological polar surface area (TPSA) is 75.5 Å². The minimum absolute atomic E-state index is 0.0502. The SMILES string of the molecule is CC(C)(CNC(=O)C1CCN(c2ccccc2[N+](=O)[O-])CC1)c1ccc(Cl)cc1. The third-order valence-electron chi connectivity index (χ3n) is 5.62. The Bertz CT molecular complexity index is 875. The van der Waals surface area contributed by atoms with Crippen molar-refractivity contribution in [2.75, 3.05) is 24.5 Å². The molecule has 0 spiro atoms. The van der Waals surface area contributed by atoms with E-state index in [-0.39, 0.29) is 27.9 Å². The number of amides is 1. The van der Waals surface area contributed by atoms with Gasteiger partial charge in [-0.25, -0.2) is 0 Å². The molecule has 1 N–H and O–H groups in total. The van der Waals surface area contributed by atoms with Crippen LogP contribution in [0.2, 0.25) is 5.02 Å². The molecule has 1 saturated heterocycles. The number of nitrogens with one attached hydrogen (secondary N) is 1. The molecule has 0 radical (unpaired) electrons. The van der Waals surface area contributed by atoms with Crippen LogP contribution in [0, 0.1) is 16.0 Å². The summed E-state index contributed by atoms with van der Waals surface area (Å²) in [5.41, 5.74) is 1.65. The van der Waals surface area contributed by atoms with Crippen molar-refractivity contribution in [1.29, 1.82) is 0 Å². The van der Waals surface area contributed by atoms with Crippen LogP contribution in [0.3, 0.4) is 0 Å². The number of hydrogen-bond acceptors (Lipinski definition) is 4. The van der Waals surface area contributed by atoms with Crippen LogP contribution < -0.4 is 10.2 Å². The Morgan fingerprint density at radius 3 is 2.41 bits per heavy atom. The first kappa shape index (κ1) is 21.1. The third-order valence-corrected chi connectivity index (χ3v) is 5.87. The number of benzene rings is 2. The van der Waals surface area contributed by atoms with Gasteiger partial charge in [-0.2, -0.15) is 0 Å². The van der Waals surface area contributed by atoms with Gasteiger partial charge in [0.15, 0.2) is 0 Å². The first-order valence-corrected chi connectivity index (χ1v) is 10.2. The molecular formula is C22H26ClN3O3. The van der Waals surface area contributed by atoms with Crippen LogP contribution >= 0.6 is 11.6 Å². The highest BCUT2D eigenvalue weighted by molar-refractivity contribution is 6.30. The number of para-hydroxylation sites is 2. The van der Waals surface area contributed by atoms with E-state index < -0.39 is 0 Å². The van der Waals surface area contributed by atoms with E-state index in [9.17, 15) is 14.9 Å². The summed E-state index contributed by atoms with van der Waals surface area (Å²) in [6, 6.07) is 14.5. The molecule has 0 aliphatic carbocycles. The van der Waals surface area contributed by atoms with E-state index in [4.69, 9.17) is 11.6 Å². The van der Waals surface area contributed by atoms with Crippen molar-refractivity contribution < 1.29 is 9.72 Å². The van der Waals surface area contributed by atoms with E-state index in [1.165, 1.54) is 6.07 Å². The van der Waals surface area contributed by atoms with Gasteiger partial charge in [0, 0.05) is 42.1 Å². The number of carbonyl (C=O) groups excluding carboxylic acids is 1. The largest absolute Gasteiger partial charge is 0.366 e. The molecule has 2 aromatic carbocycles. The molecule has 2 aromatic rings. The van der Waals surface area contributed by atoms with E-state index in [0.717, 1.165) is 5.56 Å². The second-order valence-corrected chi connectivity index (χ2v) is 8.55. The van der Waals surface area contributed by atoms with Gasteiger partial charge in [0.2, 0.25) is 5.91 Å². The highest BCUT2D eigenvalue weighted by atomic mass is 35.5. The molecule has 154 valence electrons. The van der Waals surface area contributed by atoms with Crippen LogP contribution in [0.15, 0.2) is 48.5 Å². The summed E-state index contributed by atoms with van der Waals surface area (Å²) >= 11 is 5.96. The third kappa shape index (κ3) is 5.07. The highest BCUT2D eigenvalue weighted by Gasteiger charge is 2.29. The number of rotatable bonds is 6. The number of nitro groups is 1. The van der Waals surface area contributed by atoms with Gasteiger partial charge in [-0.05, 0) is 36.6 Å². The average molecular weight is 416 g/mol. The second kappa shape index (κ2) is 8.82. The summed E-state index contributed by atoms with van der Waals surface area (Å²) in [6.07, 6.45) is 1.36. The maximum atomic E-state index is 12.7. The Labute approximate surface area is 176 Å². The Balaban J connectivity index is 1.55. The molecule has 7 heteroatoms. The lowest BCUT2D eigenvalue weighted by molar-refractivity contribution is -0.384. The van der Waals surface area contributed by atoms with Crippen molar-refractivity contribution in [3.63, 3.8) is 0 Å². The lowest BCUT2D eigenvalue weighted by atomic mass is 9.84. The van der Waals surface area contributed by atoms with Gasteiger partial charge in [0.05, 0.1) is 4.92 Å². The number of halogens is 1. The quantitative estimate of drug-likeness (QED) is 0.554. The zero-order chi connectivity index (χ0) is 21.0. The lowest BCUT2D eigenvalue weighted by Crippen LogP contribution is -2.44. The van der Waals surface area contributed by atoms with E-state index in [0.29, 0.717) is 43.2 Å². The van der Waals surface area contributed by atoms with Crippen LogP contribution in [0.25, 0.3) is 0 Å². The van der Waals surface area contributed by atoms with Crippen molar-refractivity contribution in [3.8, 4) is 0 Å². The molecule has 6 nitrogen and oxygen atoms in total. The van der Waals surface area contributed by atoms with Gasteiger partial charge in [0.25, 0.3) is 5.69 Å². The highest BCUT2D eigenvalue weighted by Crippen LogP contribution is 2.31. The number of anilines is 1. The normalized spacial score (nSPS) is 15.2. The number of nitrogens with zero attached hydrogens (tertiary/aromatic N) is 2. The van der Waals surface area contributed by atoms with Crippen molar-refractivity contribution >= 4 is 28.9 Å².